The number of furan rings is 2. The highest BCUT2D eigenvalue weighted by molar-refractivity contribution is 5.97. The molecule has 132 valence electrons. The number of para-hydroxylation sites is 3. The van der Waals surface area contributed by atoms with Crippen molar-refractivity contribution in [1.29, 1.82) is 0 Å². The molecule has 3 heterocycles. The molecule has 0 spiro atoms. The molecule has 0 aliphatic rings. The Morgan fingerprint density at radius 3 is 1.93 bits per heavy atom. The molecule has 0 aliphatic heterocycles. The lowest BCUT2D eigenvalue weighted by atomic mass is 10.0. The smallest absolute Gasteiger partial charge is 0.153 e. The minimum Gasteiger partial charge on any atom is -0.456 e. The lowest BCUT2D eigenvalue weighted by Crippen LogP contribution is -1.87. The van der Waals surface area contributed by atoms with Crippen molar-refractivity contribution in [3.8, 4) is 22.8 Å². The van der Waals surface area contributed by atoms with E-state index in [9.17, 15) is 0 Å². The van der Waals surface area contributed by atoms with Crippen LogP contribution in [0.5, 0.6) is 0 Å². The van der Waals surface area contributed by atoms with E-state index in [1.54, 1.807) is 0 Å². The van der Waals surface area contributed by atoms with Crippen molar-refractivity contribution in [1.82, 2.24) is 4.98 Å². The molecule has 0 fully saturated rings. The molecule has 0 atom stereocenters. The Labute approximate surface area is 160 Å². The quantitative estimate of drug-likeness (QED) is 0.331. The van der Waals surface area contributed by atoms with E-state index in [0.717, 1.165) is 55.6 Å². The first kappa shape index (κ1) is 15.2. The van der Waals surface area contributed by atoms with E-state index < -0.39 is 0 Å². The summed E-state index contributed by atoms with van der Waals surface area (Å²) in [7, 11) is 0. The van der Waals surface area contributed by atoms with Gasteiger partial charge in [0.15, 0.2) is 5.76 Å². The highest BCUT2D eigenvalue weighted by atomic mass is 16.3. The molecule has 0 radical (unpaired) electrons. The van der Waals surface area contributed by atoms with Gasteiger partial charge in [0.2, 0.25) is 0 Å². The molecule has 6 aromatic rings. The molecular formula is C25H15NO2. The van der Waals surface area contributed by atoms with E-state index in [4.69, 9.17) is 13.8 Å². The molecule has 0 amide bonds. The molecule has 0 bridgehead atoms. The van der Waals surface area contributed by atoms with Gasteiger partial charge in [-0.25, -0.2) is 4.98 Å². The fourth-order valence-electron chi connectivity index (χ4n) is 3.73. The zero-order chi connectivity index (χ0) is 18.5. The summed E-state index contributed by atoms with van der Waals surface area (Å²) < 4.78 is 12.2. The second-order valence-corrected chi connectivity index (χ2v) is 6.87. The largest absolute Gasteiger partial charge is 0.456 e. The molecule has 28 heavy (non-hydrogen) atoms. The average molecular weight is 361 g/mol. The molecule has 0 unspecified atom stereocenters. The summed E-state index contributed by atoms with van der Waals surface area (Å²) in [6.07, 6.45) is 0. The average Bonchev–Trinajstić information content (AvgIpc) is 3.37. The number of nitrogens with zero attached hydrogens (tertiary/aromatic N) is 1. The van der Waals surface area contributed by atoms with Crippen molar-refractivity contribution in [2.75, 3.05) is 0 Å². The zero-order valence-electron chi connectivity index (χ0n) is 14.9. The molecule has 3 aromatic carbocycles. The van der Waals surface area contributed by atoms with E-state index in [-0.39, 0.29) is 0 Å². The number of hydrogen-bond acceptors (Lipinski definition) is 3. The molecule has 3 heteroatoms. The number of aromatic nitrogens is 1. The fraction of sp³-hybridized carbons (Fsp3) is 0. The van der Waals surface area contributed by atoms with Gasteiger partial charge in [-0.2, -0.15) is 0 Å². The van der Waals surface area contributed by atoms with Crippen molar-refractivity contribution in [2.45, 2.75) is 0 Å². The van der Waals surface area contributed by atoms with E-state index in [0.29, 0.717) is 0 Å². The maximum Gasteiger partial charge on any atom is 0.153 e. The van der Waals surface area contributed by atoms with Gasteiger partial charge < -0.3 is 8.83 Å². The van der Waals surface area contributed by atoms with Crippen LogP contribution in [0.4, 0.5) is 0 Å². The molecule has 0 saturated heterocycles. The van der Waals surface area contributed by atoms with Crippen molar-refractivity contribution in [3.05, 3.63) is 91.0 Å². The predicted molar refractivity (Wildman–Crippen MR) is 112 cm³/mol. The number of pyridine rings is 1. The lowest BCUT2D eigenvalue weighted by molar-refractivity contribution is 0.627. The summed E-state index contributed by atoms with van der Waals surface area (Å²) in [4.78, 5) is 4.85. The Bertz CT molecular complexity index is 1410. The second kappa shape index (κ2) is 5.83. The number of hydrogen-bond donors (Lipinski definition) is 0. The first-order chi connectivity index (χ1) is 13.8. The summed E-state index contributed by atoms with van der Waals surface area (Å²) in [5.41, 5.74) is 4.46. The van der Waals surface area contributed by atoms with Crippen molar-refractivity contribution < 1.29 is 8.83 Å². The second-order valence-electron chi connectivity index (χ2n) is 6.87. The normalized spacial score (nSPS) is 11.6. The third kappa shape index (κ3) is 2.33. The van der Waals surface area contributed by atoms with Crippen LogP contribution in [-0.2, 0) is 0 Å². The predicted octanol–water partition coefficient (Wildman–Crippen LogP) is 7.06. The summed E-state index contributed by atoms with van der Waals surface area (Å²) in [6, 6.07) is 30.4. The maximum absolute atomic E-state index is 6.15. The Balaban J connectivity index is 1.63. The van der Waals surface area contributed by atoms with Crippen LogP contribution in [-0.4, -0.2) is 4.98 Å². The fourth-order valence-corrected chi connectivity index (χ4v) is 3.73. The zero-order valence-corrected chi connectivity index (χ0v) is 14.9. The first-order valence-corrected chi connectivity index (χ1v) is 9.23. The van der Waals surface area contributed by atoms with E-state index in [1.807, 2.05) is 66.7 Å². The summed E-state index contributed by atoms with van der Waals surface area (Å²) in [6.45, 7) is 0. The Hall–Kier alpha value is -3.85. The van der Waals surface area contributed by atoms with Crippen LogP contribution in [0.25, 0.3) is 55.6 Å². The van der Waals surface area contributed by atoms with Crippen molar-refractivity contribution >= 4 is 32.8 Å². The minimum absolute atomic E-state index is 0.754. The van der Waals surface area contributed by atoms with Crippen LogP contribution in [0.15, 0.2) is 99.8 Å². The molecule has 3 nitrogen and oxygen atoms in total. The Morgan fingerprint density at radius 2 is 1.18 bits per heavy atom. The molecule has 6 rings (SSSR count). The molecule has 0 aliphatic carbocycles. The number of benzene rings is 3. The van der Waals surface area contributed by atoms with E-state index >= 15 is 0 Å². The van der Waals surface area contributed by atoms with Crippen LogP contribution in [0.1, 0.15) is 0 Å². The minimum atomic E-state index is 0.754. The van der Waals surface area contributed by atoms with Gasteiger partial charge in [0.1, 0.15) is 22.6 Å². The lowest BCUT2D eigenvalue weighted by Gasteiger charge is -2.06. The summed E-state index contributed by atoms with van der Waals surface area (Å²) in [5.74, 6) is 1.58. The van der Waals surface area contributed by atoms with Gasteiger partial charge in [0.05, 0.1) is 5.52 Å². The third-order valence-corrected chi connectivity index (χ3v) is 5.09. The van der Waals surface area contributed by atoms with Crippen molar-refractivity contribution in [2.24, 2.45) is 0 Å². The maximum atomic E-state index is 6.15. The van der Waals surface area contributed by atoms with Gasteiger partial charge >= 0.3 is 0 Å². The van der Waals surface area contributed by atoms with Gasteiger partial charge in [0, 0.05) is 21.7 Å². The van der Waals surface area contributed by atoms with E-state index in [1.165, 1.54) is 0 Å². The summed E-state index contributed by atoms with van der Waals surface area (Å²) >= 11 is 0. The molecule has 3 aromatic heterocycles. The van der Waals surface area contributed by atoms with E-state index in [2.05, 4.69) is 24.3 Å². The van der Waals surface area contributed by atoms with Crippen LogP contribution in [0, 0.1) is 0 Å². The van der Waals surface area contributed by atoms with Crippen LogP contribution in [0.3, 0.4) is 0 Å². The van der Waals surface area contributed by atoms with Gasteiger partial charge in [-0.05, 0) is 36.4 Å². The van der Waals surface area contributed by atoms with Crippen LogP contribution in [0.2, 0.25) is 0 Å². The Morgan fingerprint density at radius 1 is 0.571 bits per heavy atom. The topological polar surface area (TPSA) is 39.2 Å². The van der Waals surface area contributed by atoms with Gasteiger partial charge in [0.25, 0.3) is 0 Å². The third-order valence-electron chi connectivity index (χ3n) is 5.09. The van der Waals surface area contributed by atoms with Gasteiger partial charge in [-0.3, -0.25) is 0 Å². The SMILES string of the molecule is c1ccc2oc(-c3cc(-c4cc5ccccc5o4)c4ccccc4n3)cc2c1. The monoisotopic (exact) mass is 361 g/mol. The molecule has 0 saturated carbocycles. The van der Waals surface area contributed by atoms with Crippen molar-refractivity contribution in [3.63, 3.8) is 0 Å². The standard InChI is InChI=1S/C25H15NO2/c1-5-11-22-16(7-1)13-24(27-22)19-15-21(26-20-10-4-3-9-18(19)20)25-14-17-8-2-6-12-23(17)28-25/h1-15H. The highest BCUT2D eigenvalue weighted by Gasteiger charge is 2.15. The van der Waals surface area contributed by atoms with Gasteiger partial charge in [-0.1, -0.05) is 54.6 Å². The first-order valence-electron chi connectivity index (χ1n) is 9.23. The summed E-state index contributed by atoms with van der Waals surface area (Å²) in [5, 5.41) is 3.21. The number of rotatable bonds is 2. The molecular weight excluding hydrogens is 346 g/mol. The number of fused-ring (bicyclic) bond motifs is 3. The highest BCUT2D eigenvalue weighted by Crippen LogP contribution is 2.36. The molecule has 0 N–H and O–H groups in total. The van der Waals surface area contributed by atoms with Crippen LogP contribution < -0.4 is 0 Å². The Kier molecular flexibility index (Phi) is 3.17. The van der Waals surface area contributed by atoms with Crippen LogP contribution >= 0.6 is 0 Å². The van der Waals surface area contributed by atoms with Gasteiger partial charge in [-0.15, -0.1) is 0 Å².